The topological polar surface area (TPSA) is 80.8 Å². The molecule has 2 heterocycles. The minimum Gasteiger partial charge on any atom is -0.491 e. The van der Waals surface area contributed by atoms with Gasteiger partial charge in [-0.15, -0.1) is 0 Å². The van der Waals surface area contributed by atoms with Gasteiger partial charge in [0.25, 0.3) is 0 Å². The van der Waals surface area contributed by atoms with Gasteiger partial charge in [-0.25, -0.2) is 0 Å². The number of benzene rings is 2. The summed E-state index contributed by atoms with van der Waals surface area (Å²) in [6.45, 7) is 6.04. The van der Waals surface area contributed by atoms with Crippen LogP contribution in [0.5, 0.6) is 11.5 Å². The number of hydrogen-bond donors (Lipinski definition) is 1. The lowest BCUT2D eigenvalue weighted by Gasteiger charge is -2.08. The van der Waals surface area contributed by atoms with Crippen LogP contribution in [0.2, 0.25) is 0 Å². The predicted molar refractivity (Wildman–Crippen MR) is 104 cm³/mol. The number of epoxide rings is 2. The SMILES string of the molecule is CC(=O)c1cccc(OC[C@H]2CO2)c1.CC(O)c1cccc(OC[C@H]2CO2)c1. The maximum absolute atomic E-state index is 11.1. The molecule has 6 heteroatoms. The van der Waals surface area contributed by atoms with Gasteiger partial charge in [0.1, 0.15) is 36.9 Å². The number of aliphatic hydroxyl groups is 1. The molecule has 2 aliphatic heterocycles. The van der Waals surface area contributed by atoms with Crippen LogP contribution in [0.1, 0.15) is 35.9 Å². The molecule has 0 saturated carbocycles. The highest BCUT2D eigenvalue weighted by molar-refractivity contribution is 5.94. The van der Waals surface area contributed by atoms with Crippen LogP contribution in [0.3, 0.4) is 0 Å². The van der Waals surface area contributed by atoms with Crippen LogP contribution in [0, 0.1) is 0 Å². The molecule has 2 fully saturated rings. The highest BCUT2D eigenvalue weighted by Gasteiger charge is 2.23. The molecule has 0 amide bonds. The van der Waals surface area contributed by atoms with E-state index in [1.54, 1.807) is 26.0 Å². The van der Waals surface area contributed by atoms with Gasteiger partial charge in [-0.3, -0.25) is 4.79 Å². The Kier molecular flexibility index (Phi) is 7.03. The van der Waals surface area contributed by atoms with E-state index in [0.29, 0.717) is 18.8 Å². The number of carbonyl (C=O) groups excluding carboxylic acids is 1. The van der Waals surface area contributed by atoms with Gasteiger partial charge in [0, 0.05) is 5.56 Å². The first-order valence-electron chi connectivity index (χ1n) is 9.39. The van der Waals surface area contributed by atoms with Crippen LogP contribution < -0.4 is 9.47 Å². The van der Waals surface area contributed by atoms with Crippen LogP contribution in [0.25, 0.3) is 0 Å². The van der Waals surface area contributed by atoms with Gasteiger partial charge in [0.2, 0.25) is 0 Å². The van der Waals surface area contributed by atoms with E-state index in [-0.39, 0.29) is 18.0 Å². The number of Topliss-reactive ketones (excluding diaryl/α,β-unsaturated/α-hetero) is 1. The molecule has 4 rings (SSSR count). The zero-order valence-electron chi connectivity index (χ0n) is 16.2. The Morgan fingerprint density at radius 1 is 1.04 bits per heavy atom. The summed E-state index contributed by atoms with van der Waals surface area (Å²) >= 11 is 0. The minimum atomic E-state index is -0.448. The number of aliphatic hydroxyl groups excluding tert-OH is 1. The Morgan fingerprint density at radius 3 is 2.07 bits per heavy atom. The van der Waals surface area contributed by atoms with E-state index < -0.39 is 6.10 Å². The standard InChI is InChI=1S/C11H14O3.C11H12O3/c2*1-8(12)9-3-2-4-10(5-9)13-6-11-7-14-11/h2-5,8,11-12H,6-7H2,1H3;2-5,11H,6-7H2,1H3/t8?,11-;11-/m00/s1. The Bertz CT molecular complexity index is 780. The molecule has 2 aromatic rings. The van der Waals surface area contributed by atoms with Crippen LogP contribution in [0.4, 0.5) is 0 Å². The molecular formula is C22H26O6. The molecule has 28 heavy (non-hydrogen) atoms. The summed E-state index contributed by atoms with van der Waals surface area (Å²) in [4.78, 5) is 11.1. The van der Waals surface area contributed by atoms with Gasteiger partial charge in [-0.05, 0) is 43.7 Å². The second-order valence-corrected chi connectivity index (χ2v) is 6.87. The van der Waals surface area contributed by atoms with E-state index in [1.807, 2.05) is 36.4 Å². The van der Waals surface area contributed by atoms with Crippen LogP contribution >= 0.6 is 0 Å². The summed E-state index contributed by atoms with van der Waals surface area (Å²) in [6, 6.07) is 14.7. The summed E-state index contributed by atoms with van der Waals surface area (Å²) < 4.78 is 21.0. The van der Waals surface area contributed by atoms with Crippen molar-refractivity contribution in [2.75, 3.05) is 26.4 Å². The third-order valence-corrected chi connectivity index (χ3v) is 4.26. The Hall–Kier alpha value is -2.41. The smallest absolute Gasteiger partial charge is 0.159 e. The minimum absolute atomic E-state index is 0.0538. The average molecular weight is 386 g/mol. The van der Waals surface area contributed by atoms with E-state index in [4.69, 9.17) is 18.9 Å². The maximum Gasteiger partial charge on any atom is 0.159 e. The van der Waals surface area contributed by atoms with E-state index >= 15 is 0 Å². The fourth-order valence-corrected chi connectivity index (χ4v) is 2.38. The van der Waals surface area contributed by atoms with E-state index in [1.165, 1.54) is 0 Å². The van der Waals surface area contributed by atoms with Crippen molar-refractivity contribution in [1.82, 2.24) is 0 Å². The van der Waals surface area contributed by atoms with Gasteiger partial charge in [-0.2, -0.15) is 0 Å². The van der Waals surface area contributed by atoms with E-state index in [2.05, 4.69) is 0 Å². The Labute approximate surface area is 165 Å². The van der Waals surface area contributed by atoms with Gasteiger partial charge in [0.15, 0.2) is 5.78 Å². The van der Waals surface area contributed by atoms with Crippen LogP contribution in [-0.4, -0.2) is 49.5 Å². The maximum atomic E-state index is 11.1. The number of ketones is 1. The molecule has 2 aromatic carbocycles. The van der Waals surface area contributed by atoms with Crippen molar-refractivity contribution in [2.45, 2.75) is 32.2 Å². The van der Waals surface area contributed by atoms with Crippen molar-refractivity contribution in [3.63, 3.8) is 0 Å². The van der Waals surface area contributed by atoms with Gasteiger partial charge >= 0.3 is 0 Å². The lowest BCUT2D eigenvalue weighted by Crippen LogP contribution is -2.04. The fraction of sp³-hybridized carbons (Fsp3) is 0.409. The highest BCUT2D eigenvalue weighted by atomic mass is 16.6. The molecule has 0 radical (unpaired) electrons. The molecular weight excluding hydrogens is 360 g/mol. The van der Waals surface area contributed by atoms with Crippen molar-refractivity contribution in [2.24, 2.45) is 0 Å². The van der Waals surface area contributed by atoms with Gasteiger partial charge in [0.05, 0.1) is 19.3 Å². The lowest BCUT2D eigenvalue weighted by atomic mass is 10.1. The average Bonchev–Trinajstić information content (AvgIpc) is 3.61. The Morgan fingerprint density at radius 2 is 1.57 bits per heavy atom. The van der Waals surface area contributed by atoms with Crippen molar-refractivity contribution in [3.05, 3.63) is 59.7 Å². The number of hydrogen-bond acceptors (Lipinski definition) is 6. The monoisotopic (exact) mass is 386 g/mol. The highest BCUT2D eigenvalue weighted by Crippen LogP contribution is 2.20. The first-order chi connectivity index (χ1) is 13.5. The van der Waals surface area contributed by atoms with Crippen molar-refractivity contribution < 1.29 is 28.8 Å². The van der Waals surface area contributed by atoms with Crippen LogP contribution in [0.15, 0.2) is 48.5 Å². The molecule has 150 valence electrons. The number of rotatable bonds is 8. The number of ether oxygens (including phenoxy) is 4. The molecule has 0 aliphatic carbocycles. The molecule has 0 aromatic heterocycles. The largest absolute Gasteiger partial charge is 0.491 e. The number of carbonyl (C=O) groups is 1. The van der Waals surface area contributed by atoms with Crippen molar-refractivity contribution >= 4 is 5.78 Å². The van der Waals surface area contributed by atoms with E-state index in [0.717, 1.165) is 30.3 Å². The summed E-state index contributed by atoms with van der Waals surface area (Å²) in [5.74, 6) is 1.57. The quantitative estimate of drug-likeness (QED) is 0.554. The molecule has 3 atom stereocenters. The second-order valence-electron chi connectivity index (χ2n) is 6.87. The van der Waals surface area contributed by atoms with Crippen LogP contribution in [-0.2, 0) is 9.47 Å². The van der Waals surface area contributed by atoms with E-state index in [9.17, 15) is 9.90 Å². The fourth-order valence-electron chi connectivity index (χ4n) is 2.38. The summed E-state index contributed by atoms with van der Waals surface area (Å²) in [7, 11) is 0. The molecule has 6 nitrogen and oxygen atoms in total. The zero-order chi connectivity index (χ0) is 19.9. The zero-order valence-corrected chi connectivity index (χ0v) is 16.2. The van der Waals surface area contributed by atoms with Crippen molar-refractivity contribution in [1.29, 1.82) is 0 Å². The lowest BCUT2D eigenvalue weighted by molar-refractivity contribution is 0.101. The first-order valence-corrected chi connectivity index (χ1v) is 9.39. The predicted octanol–water partition coefficient (Wildman–Crippen LogP) is 3.18. The third-order valence-electron chi connectivity index (χ3n) is 4.26. The summed E-state index contributed by atoms with van der Waals surface area (Å²) in [5.41, 5.74) is 1.55. The van der Waals surface area contributed by atoms with Gasteiger partial charge in [-0.1, -0.05) is 24.3 Å². The van der Waals surface area contributed by atoms with Crippen molar-refractivity contribution in [3.8, 4) is 11.5 Å². The molecule has 2 aliphatic rings. The molecule has 2 saturated heterocycles. The summed E-state index contributed by atoms with van der Waals surface area (Å²) in [6.07, 6.45) is 0.0666. The molecule has 1 N–H and O–H groups in total. The molecule has 1 unspecified atom stereocenters. The van der Waals surface area contributed by atoms with Gasteiger partial charge < -0.3 is 24.1 Å². The molecule has 0 spiro atoms. The third kappa shape index (κ3) is 6.96. The second kappa shape index (κ2) is 9.68. The molecule has 0 bridgehead atoms. The normalized spacial score (nSPS) is 20.4. The Balaban J connectivity index is 0.000000161. The first kappa shape index (κ1) is 20.3. The summed E-state index contributed by atoms with van der Waals surface area (Å²) in [5, 5.41) is 9.36.